The molecule has 0 aromatic heterocycles. The predicted molar refractivity (Wildman–Crippen MR) is 69.0 cm³/mol. The Bertz CT molecular complexity index is 619. The van der Waals surface area contributed by atoms with E-state index in [0.717, 1.165) is 0 Å². The van der Waals surface area contributed by atoms with Gasteiger partial charge < -0.3 is 5.11 Å². The van der Waals surface area contributed by atoms with E-state index < -0.39 is 57.2 Å². The molecule has 0 spiro atoms. The summed E-state index contributed by atoms with van der Waals surface area (Å²) in [5.74, 6) is -0.935. The van der Waals surface area contributed by atoms with Crippen LogP contribution in [0.15, 0.2) is 12.2 Å². The van der Waals surface area contributed by atoms with E-state index in [9.17, 15) is 43.2 Å². The molecule has 0 aliphatic heterocycles. The van der Waals surface area contributed by atoms with Crippen molar-refractivity contribution in [1.82, 2.24) is 3.12 Å². The number of carboxylic acids is 1. The van der Waals surface area contributed by atoms with Crippen molar-refractivity contribution in [3.8, 4) is 0 Å². The molecule has 22 heavy (non-hydrogen) atoms. The summed E-state index contributed by atoms with van der Waals surface area (Å²) in [6, 6.07) is -7.28. The van der Waals surface area contributed by atoms with Gasteiger partial charge in [0.2, 0.25) is 18.0 Å². The lowest BCUT2D eigenvalue weighted by atomic mass is 10.4. The van der Waals surface area contributed by atoms with Crippen molar-refractivity contribution < 1.29 is 48.3 Å². The average molecular weight is 391 g/mol. The van der Waals surface area contributed by atoms with Crippen molar-refractivity contribution in [1.29, 1.82) is 0 Å². The van der Waals surface area contributed by atoms with Gasteiger partial charge in [0.15, 0.2) is 0 Å². The molecule has 0 rings (SSSR count). The Morgan fingerprint density at radius 3 is 1.18 bits per heavy atom. The summed E-state index contributed by atoms with van der Waals surface area (Å²) in [6.45, 7) is 4.60. The summed E-state index contributed by atoms with van der Waals surface area (Å²) in [5, 5.41) is 7.89. The third kappa shape index (κ3) is 6.71. The topological polar surface area (TPSA) is 143 Å². The van der Waals surface area contributed by atoms with Gasteiger partial charge in [0.25, 0.3) is 30.1 Å². The first kappa shape index (κ1) is 23.1. The Balaban J connectivity index is 0. The van der Waals surface area contributed by atoms with E-state index in [2.05, 4.69) is 6.58 Å². The fourth-order valence-corrected chi connectivity index (χ4v) is 5.75. The molecule has 0 aromatic carbocycles. The molecule has 0 aliphatic carbocycles. The van der Waals surface area contributed by atoms with Crippen molar-refractivity contribution in [3.63, 3.8) is 0 Å². The maximum Gasteiger partial charge on any atom is 0.330 e. The molecule has 132 valence electrons. The van der Waals surface area contributed by atoms with E-state index in [-0.39, 0.29) is 5.57 Å². The Hall–Kier alpha value is -1.19. The van der Waals surface area contributed by atoms with E-state index in [0.29, 0.717) is 0 Å². The van der Waals surface area contributed by atoms with Crippen LogP contribution in [0.4, 0.5) is 13.2 Å². The van der Waals surface area contributed by atoms with Gasteiger partial charge in [-0.25, -0.2) is 43.2 Å². The second kappa shape index (κ2) is 8.44. The van der Waals surface area contributed by atoms with E-state index in [1.165, 1.54) is 6.92 Å². The number of nitrogens with zero attached hydrogens (tertiary/aromatic N) is 1. The summed E-state index contributed by atoms with van der Waals surface area (Å²) in [4.78, 5) is 9.60. The van der Waals surface area contributed by atoms with Gasteiger partial charge in [-0.15, -0.1) is 0 Å². The summed E-state index contributed by atoms with van der Waals surface area (Å²) >= 11 is 0. The Labute approximate surface area is 125 Å². The van der Waals surface area contributed by atoms with Gasteiger partial charge in [-0.1, -0.05) is 6.58 Å². The predicted octanol–water partition coefficient (Wildman–Crippen LogP) is -0.294. The standard InChI is InChI=1S/C4H6O2.C3H6F3NO6S3/c1-3(2)4(5)6;4-1-14(8,9)7(15(10,11)2-5)16(12,13)3-6/h1H2,2H3,(H,5,6);1-3H2. The molecule has 0 amide bonds. The molecular formula is C7H12F3NO8S3. The number of carbonyl (C=O) groups is 1. The van der Waals surface area contributed by atoms with E-state index in [1.54, 1.807) is 0 Å². The normalized spacial score (nSPS) is 12.4. The van der Waals surface area contributed by atoms with Gasteiger partial charge in [-0.05, 0) is 6.92 Å². The molecule has 0 bridgehead atoms. The third-order valence-corrected chi connectivity index (χ3v) is 7.74. The van der Waals surface area contributed by atoms with Crippen molar-refractivity contribution in [2.24, 2.45) is 0 Å². The van der Waals surface area contributed by atoms with Crippen LogP contribution in [0.25, 0.3) is 0 Å². The minimum atomic E-state index is -5.49. The number of sulfonamides is 3. The first-order valence-electron chi connectivity index (χ1n) is 4.75. The summed E-state index contributed by atoms with van der Waals surface area (Å²) in [6.07, 6.45) is 0. The van der Waals surface area contributed by atoms with Gasteiger partial charge in [-0.2, -0.15) is 0 Å². The van der Waals surface area contributed by atoms with Crippen LogP contribution in [-0.2, 0) is 34.9 Å². The number of rotatable bonds is 7. The van der Waals surface area contributed by atoms with Gasteiger partial charge in [0.05, 0.1) is 0 Å². The first-order chi connectivity index (χ1) is 9.69. The molecule has 9 nitrogen and oxygen atoms in total. The highest BCUT2D eigenvalue weighted by Gasteiger charge is 2.44. The Morgan fingerprint density at radius 1 is 0.909 bits per heavy atom. The highest BCUT2D eigenvalue weighted by atomic mass is 32.3. The van der Waals surface area contributed by atoms with Crippen LogP contribution in [0.3, 0.4) is 0 Å². The number of aliphatic carboxylic acids is 1. The lowest BCUT2D eigenvalue weighted by Gasteiger charge is -2.16. The molecule has 0 atom stereocenters. The minimum Gasteiger partial charge on any atom is -0.478 e. The molecule has 15 heteroatoms. The Morgan fingerprint density at radius 2 is 1.09 bits per heavy atom. The highest BCUT2D eigenvalue weighted by molar-refractivity contribution is 8.17. The van der Waals surface area contributed by atoms with Crippen molar-refractivity contribution in [2.45, 2.75) is 6.92 Å². The SMILES string of the molecule is C=C(C)C(=O)O.O=S(=O)(CF)N(S(=O)(=O)CF)S(=O)(=O)CF. The van der Waals surface area contributed by atoms with Gasteiger partial charge in [0, 0.05) is 8.69 Å². The second-order valence-corrected chi connectivity index (χ2v) is 9.32. The van der Waals surface area contributed by atoms with Crippen LogP contribution in [-0.4, -0.2) is 57.5 Å². The van der Waals surface area contributed by atoms with Gasteiger partial charge in [0.1, 0.15) is 0 Å². The molecule has 0 fully saturated rings. The zero-order valence-corrected chi connectivity index (χ0v) is 13.4. The zero-order chi connectivity index (χ0) is 18.4. The summed E-state index contributed by atoms with van der Waals surface area (Å²) in [7, 11) is -16.5. The third-order valence-electron chi connectivity index (χ3n) is 1.46. The smallest absolute Gasteiger partial charge is 0.330 e. The highest BCUT2D eigenvalue weighted by Crippen LogP contribution is 2.17. The van der Waals surface area contributed by atoms with Crippen LogP contribution < -0.4 is 0 Å². The van der Waals surface area contributed by atoms with Crippen LogP contribution in [0.5, 0.6) is 0 Å². The molecule has 0 saturated carbocycles. The first-order valence-corrected chi connectivity index (χ1v) is 9.57. The molecule has 0 unspecified atom stereocenters. The molecule has 0 heterocycles. The summed E-state index contributed by atoms with van der Waals surface area (Å²) < 4.78 is 99.0. The molecule has 1 N–H and O–H groups in total. The monoisotopic (exact) mass is 391 g/mol. The largest absolute Gasteiger partial charge is 0.478 e. The molecule has 0 aromatic rings. The van der Waals surface area contributed by atoms with Crippen molar-refractivity contribution in [3.05, 3.63) is 12.2 Å². The van der Waals surface area contributed by atoms with Gasteiger partial charge >= 0.3 is 5.97 Å². The van der Waals surface area contributed by atoms with E-state index in [4.69, 9.17) is 5.11 Å². The summed E-state index contributed by atoms with van der Waals surface area (Å²) in [5.41, 5.74) is 0.176. The number of carboxylic acid groups (broad SMARTS) is 1. The van der Waals surface area contributed by atoms with Crippen molar-refractivity contribution in [2.75, 3.05) is 18.0 Å². The van der Waals surface area contributed by atoms with Crippen molar-refractivity contribution >= 4 is 36.0 Å². The number of halogens is 3. The zero-order valence-electron chi connectivity index (χ0n) is 10.9. The molecule has 0 aliphatic rings. The van der Waals surface area contributed by atoms with Crippen LogP contribution >= 0.6 is 0 Å². The number of hydrogen-bond acceptors (Lipinski definition) is 7. The lowest BCUT2D eigenvalue weighted by Crippen LogP contribution is -2.43. The molecular weight excluding hydrogens is 379 g/mol. The van der Waals surface area contributed by atoms with Crippen LogP contribution in [0, 0.1) is 0 Å². The van der Waals surface area contributed by atoms with Gasteiger partial charge in [-0.3, -0.25) is 0 Å². The maximum absolute atomic E-state index is 12.0. The fourth-order valence-electron chi connectivity index (χ4n) is 0.639. The Kier molecular flexibility index (Phi) is 8.86. The minimum absolute atomic E-state index is 0.176. The quantitative estimate of drug-likeness (QED) is 0.583. The molecule has 0 saturated heterocycles. The molecule has 0 radical (unpaired) electrons. The number of hydrogen-bond donors (Lipinski definition) is 1. The van der Waals surface area contributed by atoms with E-state index >= 15 is 0 Å². The van der Waals surface area contributed by atoms with E-state index in [1.807, 2.05) is 0 Å². The van der Waals surface area contributed by atoms with Crippen LogP contribution in [0.2, 0.25) is 0 Å². The second-order valence-electron chi connectivity index (χ2n) is 3.38. The van der Waals surface area contributed by atoms with Crippen LogP contribution in [0.1, 0.15) is 6.92 Å². The average Bonchev–Trinajstić information content (AvgIpc) is 2.38. The maximum atomic E-state index is 12.0. The lowest BCUT2D eigenvalue weighted by molar-refractivity contribution is -0.132. The fraction of sp³-hybridized carbons (Fsp3) is 0.571. The number of alkyl halides is 3.